The first-order valence-corrected chi connectivity index (χ1v) is 7.12. The van der Waals surface area contributed by atoms with Gasteiger partial charge in [-0.05, 0) is 37.5 Å². The van der Waals surface area contributed by atoms with Crippen LogP contribution in [0.25, 0.3) is 0 Å². The van der Waals surface area contributed by atoms with Gasteiger partial charge < -0.3 is 11.5 Å². The average molecular weight is 242 g/mol. The largest absolute Gasteiger partial charge is 0.327 e. The molecular formula is C15H34N2. The highest BCUT2D eigenvalue weighted by atomic mass is 14.7. The van der Waals surface area contributed by atoms with Gasteiger partial charge in [0.15, 0.2) is 0 Å². The molecule has 2 heteroatoms. The Kier molecular flexibility index (Phi) is 8.89. The van der Waals surface area contributed by atoms with Gasteiger partial charge in [0, 0.05) is 12.1 Å². The molecule has 4 atom stereocenters. The minimum atomic E-state index is 0. The van der Waals surface area contributed by atoms with E-state index < -0.39 is 0 Å². The third-order valence-electron chi connectivity index (χ3n) is 4.36. The van der Waals surface area contributed by atoms with E-state index in [1.807, 2.05) is 0 Å². The van der Waals surface area contributed by atoms with Crippen LogP contribution in [0.2, 0.25) is 0 Å². The van der Waals surface area contributed by atoms with E-state index in [1.165, 1.54) is 51.4 Å². The van der Waals surface area contributed by atoms with Crippen molar-refractivity contribution < 1.29 is 0 Å². The van der Waals surface area contributed by atoms with Gasteiger partial charge in [0.05, 0.1) is 0 Å². The van der Waals surface area contributed by atoms with Crippen molar-refractivity contribution in [2.75, 3.05) is 0 Å². The van der Waals surface area contributed by atoms with E-state index in [0.717, 1.165) is 11.8 Å². The molecule has 2 saturated carbocycles. The smallest absolute Gasteiger partial charge is 0.00645 e. The van der Waals surface area contributed by atoms with E-state index in [2.05, 4.69) is 13.8 Å². The van der Waals surface area contributed by atoms with Crippen LogP contribution in [0.4, 0.5) is 0 Å². The van der Waals surface area contributed by atoms with Gasteiger partial charge in [0.2, 0.25) is 0 Å². The summed E-state index contributed by atoms with van der Waals surface area (Å²) in [4.78, 5) is 0. The minimum Gasteiger partial charge on any atom is -0.327 e. The predicted octanol–water partition coefficient (Wildman–Crippen LogP) is 3.68. The number of hydrogen-bond donors (Lipinski definition) is 2. The van der Waals surface area contributed by atoms with Crippen LogP contribution in [-0.2, 0) is 0 Å². The molecule has 0 spiro atoms. The van der Waals surface area contributed by atoms with Gasteiger partial charge in [-0.1, -0.05) is 47.0 Å². The molecule has 0 amide bonds. The second kappa shape index (κ2) is 8.93. The highest BCUT2D eigenvalue weighted by Gasteiger charge is 2.16. The molecule has 0 saturated heterocycles. The van der Waals surface area contributed by atoms with Crippen molar-refractivity contribution >= 4 is 0 Å². The van der Waals surface area contributed by atoms with Crippen molar-refractivity contribution in [3.05, 3.63) is 0 Å². The predicted molar refractivity (Wildman–Crippen MR) is 77.9 cm³/mol. The summed E-state index contributed by atoms with van der Waals surface area (Å²) in [6, 6.07) is 1.01. The van der Waals surface area contributed by atoms with Crippen LogP contribution < -0.4 is 11.5 Å². The molecule has 4 unspecified atom stereocenters. The Morgan fingerprint density at radius 2 is 0.941 bits per heavy atom. The SMILES string of the molecule is C.CC1CCCCC1N.CC1CCCCC1N. The minimum absolute atomic E-state index is 0. The monoisotopic (exact) mass is 242 g/mol. The molecule has 2 fully saturated rings. The third kappa shape index (κ3) is 6.42. The molecule has 2 aliphatic carbocycles. The van der Waals surface area contributed by atoms with Crippen LogP contribution in [0.1, 0.15) is 72.6 Å². The van der Waals surface area contributed by atoms with Crippen LogP contribution in [0, 0.1) is 11.8 Å². The molecular weight excluding hydrogens is 208 g/mol. The molecule has 0 heterocycles. The summed E-state index contributed by atoms with van der Waals surface area (Å²) in [5.41, 5.74) is 11.6. The normalized spacial score (nSPS) is 37.4. The van der Waals surface area contributed by atoms with Crippen molar-refractivity contribution in [3.8, 4) is 0 Å². The second-order valence-corrected chi connectivity index (χ2v) is 5.85. The average Bonchev–Trinajstić information content (AvgIpc) is 2.28. The Hall–Kier alpha value is -0.0800. The zero-order valence-electron chi connectivity index (χ0n) is 11.1. The fourth-order valence-corrected chi connectivity index (χ4v) is 2.69. The molecule has 2 aliphatic rings. The first kappa shape index (κ1) is 16.9. The molecule has 0 radical (unpaired) electrons. The maximum Gasteiger partial charge on any atom is 0.00645 e. The van der Waals surface area contributed by atoms with Crippen molar-refractivity contribution in [2.24, 2.45) is 23.3 Å². The van der Waals surface area contributed by atoms with Crippen molar-refractivity contribution in [2.45, 2.75) is 84.7 Å². The first-order chi connectivity index (χ1) is 7.61. The van der Waals surface area contributed by atoms with E-state index in [1.54, 1.807) is 0 Å². The first-order valence-electron chi connectivity index (χ1n) is 7.12. The molecule has 17 heavy (non-hydrogen) atoms. The van der Waals surface area contributed by atoms with E-state index in [4.69, 9.17) is 11.5 Å². The fraction of sp³-hybridized carbons (Fsp3) is 1.00. The molecule has 0 bridgehead atoms. The quantitative estimate of drug-likeness (QED) is 0.681. The van der Waals surface area contributed by atoms with Gasteiger partial charge in [-0.15, -0.1) is 0 Å². The van der Waals surface area contributed by atoms with Gasteiger partial charge in [0.1, 0.15) is 0 Å². The van der Waals surface area contributed by atoms with Gasteiger partial charge in [-0.25, -0.2) is 0 Å². The summed E-state index contributed by atoms with van der Waals surface area (Å²) in [5.74, 6) is 1.56. The van der Waals surface area contributed by atoms with Gasteiger partial charge in [0.25, 0.3) is 0 Å². The summed E-state index contributed by atoms with van der Waals surface area (Å²) in [5, 5.41) is 0. The Morgan fingerprint density at radius 1 is 0.647 bits per heavy atom. The summed E-state index contributed by atoms with van der Waals surface area (Å²) in [7, 11) is 0. The third-order valence-corrected chi connectivity index (χ3v) is 4.36. The van der Waals surface area contributed by atoms with Crippen LogP contribution >= 0.6 is 0 Å². The lowest BCUT2D eigenvalue weighted by molar-refractivity contribution is 0.331. The van der Waals surface area contributed by atoms with Crippen LogP contribution in [-0.4, -0.2) is 12.1 Å². The standard InChI is InChI=1S/2C7H15N.CH4/c2*1-6-4-2-3-5-7(6)8;/h2*6-7H,2-5,8H2,1H3;1H4. The van der Waals surface area contributed by atoms with Gasteiger partial charge in [-0.3, -0.25) is 0 Å². The maximum atomic E-state index is 5.78. The van der Waals surface area contributed by atoms with Crippen LogP contribution in [0.15, 0.2) is 0 Å². The Balaban J connectivity index is 0.000000284. The fourth-order valence-electron chi connectivity index (χ4n) is 2.69. The highest BCUT2D eigenvalue weighted by molar-refractivity contribution is 4.74. The van der Waals surface area contributed by atoms with Gasteiger partial charge in [-0.2, -0.15) is 0 Å². The van der Waals surface area contributed by atoms with Crippen LogP contribution in [0.3, 0.4) is 0 Å². The molecule has 2 rings (SSSR count). The molecule has 104 valence electrons. The molecule has 0 aliphatic heterocycles. The Morgan fingerprint density at radius 3 is 1.12 bits per heavy atom. The van der Waals surface area contributed by atoms with Crippen molar-refractivity contribution in [1.29, 1.82) is 0 Å². The lowest BCUT2D eigenvalue weighted by Crippen LogP contribution is -2.30. The van der Waals surface area contributed by atoms with Crippen molar-refractivity contribution in [3.63, 3.8) is 0 Å². The summed E-state index contributed by atoms with van der Waals surface area (Å²) in [6.45, 7) is 4.51. The van der Waals surface area contributed by atoms with Gasteiger partial charge >= 0.3 is 0 Å². The summed E-state index contributed by atoms with van der Waals surface area (Å²) < 4.78 is 0. The van der Waals surface area contributed by atoms with E-state index in [0.29, 0.717) is 12.1 Å². The Labute approximate surface area is 109 Å². The van der Waals surface area contributed by atoms with E-state index in [-0.39, 0.29) is 7.43 Å². The summed E-state index contributed by atoms with van der Waals surface area (Å²) in [6.07, 6.45) is 10.7. The number of hydrogen-bond acceptors (Lipinski definition) is 2. The number of nitrogens with two attached hydrogens (primary N) is 2. The lowest BCUT2D eigenvalue weighted by atomic mass is 9.87. The molecule has 0 aromatic rings. The zero-order chi connectivity index (χ0) is 12.0. The van der Waals surface area contributed by atoms with E-state index in [9.17, 15) is 0 Å². The second-order valence-electron chi connectivity index (χ2n) is 5.85. The Bertz CT molecular complexity index is 142. The summed E-state index contributed by atoms with van der Waals surface area (Å²) >= 11 is 0. The maximum absolute atomic E-state index is 5.78. The molecule has 2 nitrogen and oxygen atoms in total. The van der Waals surface area contributed by atoms with E-state index >= 15 is 0 Å². The van der Waals surface area contributed by atoms with Crippen LogP contribution in [0.5, 0.6) is 0 Å². The lowest BCUT2D eigenvalue weighted by Gasteiger charge is -2.24. The number of rotatable bonds is 0. The molecule has 0 aromatic heterocycles. The molecule has 0 aromatic carbocycles. The topological polar surface area (TPSA) is 52.0 Å². The molecule has 4 N–H and O–H groups in total. The highest BCUT2D eigenvalue weighted by Crippen LogP contribution is 2.22. The van der Waals surface area contributed by atoms with Crippen molar-refractivity contribution in [1.82, 2.24) is 0 Å². The zero-order valence-corrected chi connectivity index (χ0v) is 11.1.